The van der Waals surface area contributed by atoms with Gasteiger partial charge in [-0.2, -0.15) is 0 Å². The molecule has 18 heavy (non-hydrogen) atoms. The SMILES string of the molecule is O=S(=O)(Cc1ccc2c(c1)CCC2)CC1CNC1. The van der Waals surface area contributed by atoms with E-state index in [-0.39, 0.29) is 5.75 Å². The minimum atomic E-state index is -2.95. The molecule has 1 aromatic carbocycles. The Labute approximate surface area is 109 Å². The molecule has 0 spiro atoms. The lowest BCUT2D eigenvalue weighted by atomic mass is 10.1. The fourth-order valence-corrected chi connectivity index (χ4v) is 4.61. The Kier molecular flexibility index (Phi) is 3.16. The summed E-state index contributed by atoms with van der Waals surface area (Å²) in [7, 11) is -2.95. The standard InChI is InChI=1S/C14H19NO2S/c16-18(17,10-12-7-15-8-12)9-11-4-5-13-2-1-3-14(13)6-11/h4-6,12,15H,1-3,7-10H2. The maximum absolute atomic E-state index is 12.1. The van der Waals surface area contributed by atoms with Gasteiger partial charge in [-0.15, -0.1) is 0 Å². The number of fused-ring (bicyclic) bond motifs is 1. The smallest absolute Gasteiger partial charge is 0.154 e. The van der Waals surface area contributed by atoms with Gasteiger partial charge in [0.1, 0.15) is 0 Å². The van der Waals surface area contributed by atoms with Crippen LogP contribution in [0.5, 0.6) is 0 Å². The molecular formula is C14H19NO2S. The molecule has 1 fully saturated rings. The van der Waals surface area contributed by atoms with Gasteiger partial charge >= 0.3 is 0 Å². The molecule has 0 radical (unpaired) electrons. The molecule has 0 amide bonds. The summed E-state index contributed by atoms with van der Waals surface area (Å²) in [5.41, 5.74) is 3.72. The number of aryl methyl sites for hydroxylation is 2. The first-order valence-corrected chi connectivity index (χ1v) is 8.46. The van der Waals surface area contributed by atoms with E-state index in [1.165, 1.54) is 17.5 Å². The Morgan fingerprint density at radius 2 is 1.94 bits per heavy atom. The topological polar surface area (TPSA) is 46.2 Å². The van der Waals surface area contributed by atoms with Crippen LogP contribution in [0, 0.1) is 5.92 Å². The Morgan fingerprint density at radius 1 is 1.17 bits per heavy atom. The van der Waals surface area contributed by atoms with Crippen molar-refractivity contribution >= 4 is 9.84 Å². The van der Waals surface area contributed by atoms with Gasteiger partial charge in [0.15, 0.2) is 9.84 Å². The van der Waals surface area contributed by atoms with Crippen molar-refractivity contribution in [3.05, 3.63) is 34.9 Å². The normalized spacial score (nSPS) is 19.6. The van der Waals surface area contributed by atoms with E-state index in [2.05, 4.69) is 17.4 Å². The van der Waals surface area contributed by atoms with Gasteiger partial charge in [0.05, 0.1) is 11.5 Å². The second-order valence-corrected chi connectivity index (χ2v) is 7.64. The molecule has 1 aliphatic carbocycles. The molecular weight excluding hydrogens is 246 g/mol. The molecule has 2 aliphatic rings. The predicted octanol–water partition coefficient (Wildman–Crippen LogP) is 1.31. The molecule has 0 aromatic heterocycles. The zero-order valence-electron chi connectivity index (χ0n) is 10.5. The first-order valence-electron chi connectivity index (χ1n) is 6.64. The van der Waals surface area contributed by atoms with Gasteiger partial charge in [0, 0.05) is 13.1 Å². The van der Waals surface area contributed by atoms with Crippen molar-refractivity contribution < 1.29 is 8.42 Å². The van der Waals surface area contributed by atoms with Crippen LogP contribution in [0.2, 0.25) is 0 Å². The van der Waals surface area contributed by atoms with Gasteiger partial charge in [-0.25, -0.2) is 8.42 Å². The molecule has 3 nitrogen and oxygen atoms in total. The summed E-state index contributed by atoms with van der Waals surface area (Å²) in [4.78, 5) is 0. The van der Waals surface area contributed by atoms with Crippen LogP contribution in [0.1, 0.15) is 23.1 Å². The molecule has 0 unspecified atom stereocenters. The molecule has 1 N–H and O–H groups in total. The van der Waals surface area contributed by atoms with Crippen LogP contribution >= 0.6 is 0 Å². The molecule has 1 heterocycles. The highest BCUT2D eigenvalue weighted by molar-refractivity contribution is 7.90. The fraction of sp³-hybridized carbons (Fsp3) is 0.571. The molecule has 4 heteroatoms. The molecule has 1 saturated heterocycles. The third-order valence-corrected chi connectivity index (χ3v) is 5.66. The lowest BCUT2D eigenvalue weighted by molar-refractivity contribution is 0.378. The Morgan fingerprint density at radius 3 is 2.67 bits per heavy atom. The second-order valence-electron chi connectivity index (χ2n) is 5.54. The van der Waals surface area contributed by atoms with Crippen LogP contribution in [0.3, 0.4) is 0 Å². The first kappa shape index (κ1) is 12.2. The van der Waals surface area contributed by atoms with Crippen molar-refractivity contribution in [2.75, 3.05) is 18.8 Å². The van der Waals surface area contributed by atoms with Gasteiger partial charge in [-0.05, 0) is 41.9 Å². The summed E-state index contributed by atoms with van der Waals surface area (Å²) in [6.45, 7) is 1.70. The summed E-state index contributed by atoms with van der Waals surface area (Å²) < 4.78 is 24.2. The Bertz CT molecular complexity index is 547. The summed E-state index contributed by atoms with van der Waals surface area (Å²) in [6, 6.07) is 6.19. The van der Waals surface area contributed by atoms with E-state index in [9.17, 15) is 8.42 Å². The molecule has 3 rings (SSSR count). The number of benzene rings is 1. The van der Waals surface area contributed by atoms with Crippen molar-refractivity contribution in [1.82, 2.24) is 5.32 Å². The zero-order chi connectivity index (χ0) is 12.6. The molecule has 1 aromatic rings. The van der Waals surface area contributed by atoms with Crippen molar-refractivity contribution in [2.24, 2.45) is 5.92 Å². The molecule has 1 aliphatic heterocycles. The monoisotopic (exact) mass is 265 g/mol. The van der Waals surface area contributed by atoms with Crippen molar-refractivity contribution in [3.8, 4) is 0 Å². The number of hydrogen-bond acceptors (Lipinski definition) is 3. The van der Waals surface area contributed by atoms with Crippen LogP contribution in [-0.2, 0) is 28.4 Å². The first-order chi connectivity index (χ1) is 8.62. The average Bonchev–Trinajstić information content (AvgIpc) is 2.70. The zero-order valence-corrected chi connectivity index (χ0v) is 11.3. The van der Waals surface area contributed by atoms with Gasteiger partial charge in [0.25, 0.3) is 0 Å². The highest BCUT2D eigenvalue weighted by Gasteiger charge is 2.24. The summed E-state index contributed by atoms with van der Waals surface area (Å²) in [6.07, 6.45) is 3.46. The van der Waals surface area contributed by atoms with Crippen LogP contribution in [0.4, 0.5) is 0 Å². The molecule has 0 saturated carbocycles. The molecule has 0 bridgehead atoms. The third-order valence-electron chi connectivity index (χ3n) is 3.91. The average molecular weight is 265 g/mol. The van der Waals surface area contributed by atoms with Crippen molar-refractivity contribution in [3.63, 3.8) is 0 Å². The minimum Gasteiger partial charge on any atom is -0.316 e. The van der Waals surface area contributed by atoms with Gasteiger partial charge < -0.3 is 5.32 Å². The molecule has 0 atom stereocenters. The van der Waals surface area contributed by atoms with E-state index in [1.807, 2.05) is 6.07 Å². The predicted molar refractivity (Wildman–Crippen MR) is 72.3 cm³/mol. The number of nitrogens with one attached hydrogen (secondary N) is 1. The summed E-state index contributed by atoms with van der Waals surface area (Å²) in [5, 5.41) is 3.12. The highest BCUT2D eigenvalue weighted by Crippen LogP contribution is 2.24. The summed E-state index contributed by atoms with van der Waals surface area (Å²) >= 11 is 0. The van der Waals surface area contributed by atoms with Gasteiger partial charge in [0.2, 0.25) is 0 Å². The number of sulfone groups is 1. The van der Waals surface area contributed by atoms with E-state index in [0.717, 1.165) is 31.5 Å². The van der Waals surface area contributed by atoms with E-state index < -0.39 is 9.84 Å². The van der Waals surface area contributed by atoms with Crippen molar-refractivity contribution in [2.45, 2.75) is 25.0 Å². The highest BCUT2D eigenvalue weighted by atomic mass is 32.2. The van der Waals surface area contributed by atoms with E-state index >= 15 is 0 Å². The van der Waals surface area contributed by atoms with Gasteiger partial charge in [-0.3, -0.25) is 0 Å². The minimum absolute atomic E-state index is 0.205. The lowest BCUT2D eigenvalue weighted by Crippen LogP contribution is -2.45. The van der Waals surface area contributed by atoms with E-state index in [4.69, 9.17) is 0 Å². The molecule has 98 valence electrons. The second kappa shape index (κ2) is 4.67. The van der Waals surface area contributed by atoms with E-state index in [0.29, 0.717) is 11.7 Å². The van der Waals surface area contributed by atoms with Crippen LogP contribution < -0.4 is 5.32 Å². The quantitative estimate of drug-likeness (QED) is 0.893. The maximum Gasteiger partial charge on any atom is 0.154 e. The van der Waals surface area contributed by atoms with Crippen LogP contribution in [0.15, 0.2) is 18.2 Å². The largest absolute Gasteiger partial charge is 0.316 e. The maximum atomic E-state index is 12.1. The number of rotatable bonds is 4. The third kappa shape index (κ3) is 2.59. The lowest BCUT2D eigenvalue weighted by Gasteiger charge is -2.26. The van der Waals surface area contributed by atoms with Crippen molar-refractivity contribution in [1.29, 1.82) is 0 Å². The summed E-state index contributed by atoms with van der Waals surface area (Å²) in [5.74, 6) is 0.859. The van der Waals surface area contributed by atoms with Crippen LogP contribution in [0.25, 0.3) is 0 Å². The van der Waals surface area contributed by atoms with E-state index in [1.54, 1.807) is 0 Å². The van der Waals surface area contributed by atoms with Gasteiger partial charge in [-0.1, -0.05) is 18.2 Å². The fourth-order valence-electron chi connectivity index (χ4n) is 2.85. The van der Waals surface area contributed by atoms with Crippen LogP contribution in [-0.4, -0.2) is 27.3 Å². The Balaban J connectivity index is 1.71. The Hall–Kier alpha value is -0.870. The number of hydrogen-bond donors (Lipinski definition) is 1.